The van der Waals surface area contributed by atoms with Crippen molar-refractivity contribution in [3.8, 4) is 0 Å². The fourth-order valence-electron chi connectivity index (χ4n) is 0.927. The van der Waals surface area contributed by atoms with Gasteiger partial charge in [-0.15, -0.1) is 11.8 Å². The van der Waals surface area contributed by atoms with Gasteiger partial charge in [-0.2, -0.15) is 0 Å². The highest BCUT2D eigenvalue weighted by Crippen LogP contribution is 2.23. The lowest BCUT2D eigenvalue weighted by Crippen LogP contribution is -2.25. The molecule has 1 rings (SSSR count). The van der Waals surface area contributed by atoms with Crippen molar-refractivity contribution in [1.29, 1.82) is 0 Å². The van der Waals surface area contributed by atoms with Crippen LogP contribution in [0.2, 0.25) is 0 Å². The fourth-order valence-corrected chi connectivity index (χ4v) is 1.84. The summed E-state index contributed by atoms with van der Waals surface area (Å²) in [5.74, 6) is 1.14. The molecule has 0 spiro atoms. The smallest absolute Gasteiger partial charge is 0.100 e. The van der Waals surface area contributed by atoms with Gasteiger partial charge in [-0.3, -0.25) is 0 Å². The van der Waals surface area contributed by atoms with Gasteiger partial charge >= 0.3 is 0 Å². The van der Waals surface area contributed by atoms with Gasteiger partial charge in [0.15, 0.2) is 0 Å². The van der Waals surface area contributed by atoms with Gasteiger partial charge in [0.1, 0.15) is 5.44 Å². The molecule has 0 saturated carbocycles. The first kappa shape index (κ1) is 7.38. The standard InChI is InChI=1S/C6H13NOS/c1-5-8-6(3-7-2)4-9-5/h5-7H,3-4H2,1-2H3/t5-,6-/m1/s1. The summed E-state index contributed by atoms with van der Waals surface area (Å²) in [5, 5.41) is 3.09. The Bertz CT molecular complexity index is 87.1. The quantitative estimate of drug-likeness (QED) is 0.620. The molecule has 0 aromatic heterocycles. The van der Waals surface area contributed by atoms with Gasteiger partial charge in [0, 0.05) is 12.3 Å². The second kappa shape index (κ2) is 3.44. The minimum Gasteiger partial charge on any atom is -0.362 e. The minimum atomic E-state index is 0.406. The van der Waals surface area contributed by atoms with E-state index in [1.807, 2.05) is 18.8 Å². The predicted molar refractivity (Wildman–Crippen MR) is 40.7 cm³/mol. The van der Waals surface area contributed by atoms with Crippen molar-refractivity contribution in [3.63, 3.8) is 0 Å². The Morgan fingerprint density at radius 2 is 2.56 bits per heavy atom. The summed E-state index contributed by atoms with van der Waals surface area (Å²) in [6.07, 6.45) is 0.440. The molecule has 9 heavy (non-hydrogen) atoms. The average Bonchev–Trinajstić information content (AvgIpc) is 2.17. The molecule has 1 fully saturated rings. The highest BCUT2D eigenvalue weighted by molar-refractivity contribution is 7.99. The van der Waals surface area contributed by atoms with E-state index in [1.165, 1.54) is 0 Å². The second-order valence-electron chi connectivity index (χ2n) is 2.22. The highest BCUT2D eigenvalue weighted by atomic mass is 32.2. The van der Waals surface area contributed by atoms with Crippen molar-refractivity contribution in [2.75, 3.05) is 19.3 Å². The monoisotopic (exact) mass is 147 g/mol. The Morgan fingerprint density at radius 1 is 1.78 bits per heavy atom. The molecule has 1 N–H and O–H groups in total. The number of nitrogens with one attached hydrogen (secondary N) is 1. The van der Waals surface area contributed by atoms with Gasteiger partial charge in [0.05, 0.1) is 6.10 Å². The van der Waals surface area contributed by atoms with E-state index in [1.54, 1.807) is 0 Å². The Morgan fingerprint density at radius 3 is 3.00 bits per heavy atom. The van der Waals surface area contributed by atoms with Crippen LogP contribution < -0.4 is 5.32 Å². The topological polar surface area (TPSA) is 21.3 Å². The number of likely N-dealkylation sites (N-methyl/N-ethyl adjacent to an activating group) is 1. The summed E-state index contributed by atoms with van der Waals surface area (Å²) in [4.78, 5) is 0. The van der Waals surface area contributed by atoms with Gasteiger partial charge in [0.25, 0.3) is 0 Å². The van der Waals surface area contributed by atoms with Crippen molar-refractivity contribution in [2.24, 2.45) is 0 Å². The number of thioether (sulfide) groups is 1. The maximum atomic E-state index is 5.50. The van der Waals surface area contributed by atoms with E-state index in [2.05, 4.69) is 12.2 Å². The van der Waals surface area contributed by atoms with Crippen LogP contribution in [-0.2, 0) is 4.74 Å². The molecular weight excluding hydrogens is 134 g/mol. The van der Waals surface area contributed by atoms with E-state index in [0.717, 1.165) is 12.3 Å². The molecule has 0 aliphatic carbocycles. The first-order chi connectivity index (χ1) is 4.33. The third-order valence-corrected chi connectivity index (χ3v) is 2.48. The van der Waals surface area contributed by atoms with E-state index in [4.69, 9.17) is 4.74 Å². The van der Waals surface area contributed by atoms with E-state index in [9.17, 15) is 0 Å². The lowest BCUT2D eigenvalue weighted by atomic mass is 10.4. The van der Waals surface area contributed by atoms with Crippen LogP contribution in [0.15, 0.2) is 0 Å². The molecule has 0 unspecified atom stereocenters. The lowest BCUT2D eigenvalue weighted by molar-refractivity contribution is 0.0771. The van der Waals surface area contributed by atoms with Crippen LogP contribution in [0.5, 0.6) is 0 Å². The van der Waals surface area contributed by atoms with Gasteiger partial charge in [0.2, 0.25) is 0 Å². The van der Waals surface area contributed by atoms with Crippen molar-refractivity contribution in [1.82, 2.24) is 5.32 Å². The molecule has 0 aromatic carbocycles. The molecular formula is C6H13NOS. The number of ether oxygens (including phenoxy) is 1. The third kappa shape index (κ3) is 2.16. The summed E-state index contributed by atoms with van der Waals surface area (Å²) in [7, 11) is 1.96. The van der Waals surface area contributed by atoms with Crippen molar-refractivity contribution >= 4 is 11.8 Å². The zero-order chi connectivity index (χ0) is 6.69. The first-order valence-corrected chi connectivity index (χ1v) is 4.29. The number of hydrogen-bond donors (Lipinski definition) is 1. The SMILES string of the molecule is CNC[C@@H]1CS[C@H](C)O1. The van der Waals surface area contributed by atoms with Crippen molar-refractivity contribution in [3.05, 3.63) is 0 Å². The molecule has 0 aromatic rings. The molecule has 2 nitrogen and oxygen atoms in total. The van der Waals surface area contributed by atoms with Crippen LogP contribution in [0.3, 0.4) is 0 Å². The maximum absolute atomic E-state index is 5.50. The summed E-state index contributed by atoms with van der Waals surface area (Å²) < 4.78 is 5.50. The van der Waals surface area contributed by atoms with E-state index in [0.29, 0.717) is 11.5 Å². The van der Waals surface area contributed by atoms with Crippen LogP contribution >= 0.6 is 11.8 Å². The van der Waals surface area contributed by atoms with E-state index < -0.39 is 0 Å². The molecule has 1 aliphatic rings. The third-order valence-electron chi connectivity index (χ3n) is 1.33. The molecule has 1 aliphatic heterocycles. The number of hydrogen-bond acceptors (Lipinski definition) is 3. The van der Waals surface area contributed by atoms with E-state index in [-0.39, 0.29) is 0 Å². The maximum Gasteiger partial charge on any atom is 0.100 e. The molecule has 2 atom stereocenters. The Hall–Kier alpha value is 0.270. The Labute approximate surface area is 60.3 Å². The molecule has 1 saturated heterocycles. The number of rotatable bonds is 2. The summed E-state index contributed by atoms with van der Waals surface area (Å²) in [5.41, 5.74) is 0.406. The minimum absolute atomic E-state index is 0.406. The molecule has 0 bridgehead atoms. The lowest BCUT2D eigenvalue weighted by Gasteiger charge is -2.07. The van der Waals surface area contributed by atoms with Crippen molar-refractivity contribution in [2.45, 2.75) is 18.5 Å². The van der Waals surface area contributed by atoms with Crippen LogP contribution in [0.25, 0.3) is 0 Å². The van der Waals surface area contributed by atoms with Gasteiger partial charge in [-0.25, -0.2) is 0 Å². The molecule has 0 radical (unpaired) electrons. The van der Waals surface area contributed by atoms with Gasteiger partial charge in [-0.1, -0.05) is 0 Å². The van der Waals surface area contributed by atoms with Gasteiger partial charge < -0.3 is 10.1 Å². The average molecular weight is 147 g/mol. The van der Waals surface area contributed by atoms with Crippen LogP contribution in [-0.4, -0.2) is 30.9 Å². The zero-order valence-corrected chi connectivity index (χ0v) is 6.70. The predicted octanol–water partition coefficient (Wildman–Crippen LogP) is 0.684. The molecule has 0 amide bonds. The van der Waals surface area contributed by atoms with Crippen LogP contribution in [0.1, 0.15) is 6.92 Å². The largest absolute Gasteiger partial charge is 0.362 e. The zero-order valence-electron chi connectivity index (χ0n) is 5.89. The first-order valence-electron chi connectivity index (χ1n) is 3.24. The Balaban J connectivity index is 2.14. The molecule has 1 heterocycles. The normalized spacial score (nSPS) is 35.3. The van der Waals surface area contributed by atoms with Crippen LogP contribution in [0.4, 0.5) is 0 Å². The molecule has 54 valence electrons. The van der Waals surface area contributed by atoms with Crippen molar-refractivity contribution < 1.29 is 4.74 Å². The second-order valence-corrected chi connectivity index (χ2v) is 3.55. The summed E-state index contributed by atoms with van der Waals surface area (Å²) >= 11 is 1.88. The van der Waals surface area contributed by atoms with E-state index >= 15 is 0 Å². The fraction of sp³-hybridized carbons (Fsp3) is 1.00. The Kier molecular flexibility index (Phi) is 2.82. The van der Waals surface area contributed by atoms with Gasteiger partial charge in [-0.05, 0) is 14.0 Å². The molecule has 3 heteroatoms. The summed E-state index contributed by atoms with van der Waals surface area (Å²) in [6, 6.07) is 0. The highest BCUT2D eigenvalue weighted by Gasteiger charge is 2.20. The van der Waals surface area contributed by atoms with Crippen LogP contribution in [0, 0.1) is 0 Å². The summed E-state index contributed by atoms with van der Waals surface area (Å²) in [6.45, 7) is 3.08.